The van der Waals surface area contributed by atoms with Crippen LogP contribution in [0.4, 0.5) is 4.39 Å². The Labute approximate surface area is 104 Å². The largest absolute Gasteiger partial charge is 0.330 e. The van der Waals surface area contributed by atoms with Crippen LogP contribution in [-0.2, 0) is 6.42 Å². The molecule has 1 aromatic heterocycles. The van der Waals surface area contributed by atoms with Gasteiger partial charge >= 0.3 is 0 Å². The van der Waals surface area contributed by atoms with Crippen LogP contribution in [0.2, 0.25) is 0 Å². The lowest BCUT2D eigenvalue weighted by Gasteiger charge is -2.05. The Morgan fingerprint density at radius 2 is 1.94 bits per heavy atom. The number of nitrogens with zero attached hydrogens (tertiary/aromatic N) is 1. The summed E-state index contributed by atoms with van der Waals surface area (Å²) in [7, 11) is 0. The molecule has 0 fully saturated rings. The van der Waals surface area contributed by atoms with Crippen molar-refractivity contribution < 1.29 is 4.39 Å². The fraction of sp³-hybridized carbons (Fsp3) is 0.154. The molecule has 0 aliphatic carbocycles. The second-order valence-electron chi connectivity index (χ2n) is 3.59. The number of aromatic nitrogens is 1. The van der Waals surface area contributed by atoms with Gasteiger partial charge < -0.3 is 5.73 Å². The summed E-state index contributed by atoms with van der Waals surface area (Å²) in [5, 5.41) is 0. The van der Waals surface area contributed by atoms with Crippen LogP contribution in [0.5, 0.6) is 0 Å². The monoisotopic (exact) mass is 248 g/mol. The van der Waals surface area contributed by atoms with Gasteiger partial charge in [0.25, 0.3) is 0 Å². The standard InChI is InChI=1S/C13H13FN2S/c14-12-9-10(3-6-15)1-2-13(12)17-11-4-7-16-8-5-11/h1-2,4-5,7-9H,3,6,15H2. The van der Waals surface area contributed by atoms with E-state index in [1.54, 1.807) is 24.5 Å². The van der Waals surface area contributed by atoms with Crippen molar-refractivity contribution >= 4 is 11.8 Å². The quantitative estimate of drug-likeness (QED) is 0.904. The topological polar surface area (TPSA) is 38.9 Å². The third kappa shape index (κ3) is 3.28. The smallest absolute Gasteiger partial charge is 0.137 e. The molecule has 0 atom stereocenters. The molecule has 0 saturated carbocycles. The van der Waals surface area contributed by atoms with Crippen molar-refractivity contribution in [2.24, 2.45) is 5.73 Å². The molecule has 1 aromatic carbocycles. The number of rotatable bonds is 4. The fourth-order valence-corrected chi connectivity index (χ4v) is 2.29. The maximum Gasteiger partial charge on any atom is 0.137 e. The molecule has 0 saturated heterocycles. The summed E-state index contributed by atoms with van der Waals surface area (Å²) in [6, 6.07) is 8.98. The van der Waals surface area contributed by atoms with E-state index in [0.29, 0.717) is 17.9 Å². The number of halogens is 1. The lowest BCUT2D eigenvalue weighted by Crippen LogP contribution is -2.02. The molecule has 0 spiro atoms. The maximum atomic E-state index is 13.8. The molecule has 4 heteroatoms. The highest BCUT2D eigenvalue weighted by atomic mass is 32.2. The molecule has 0 radical (unpaired) electrons. The van der Waals surface area contributed by atoms with Gasteiger partial charge in [0.1, 0.15) is 5.82 Å². The van der Waals surface area contributed by atoms with E-state index in [4.69, 9.17) is 5.73 Å². The number of hydrogen-bond donors (Lipinski definition) is 1. The molecule has 1 heterocycles. The predicted molar refractivity (Wildman–Crippen MR) is 67.5 cm³/mol. The number of nitrogens with two attached hydrogens (primary N) is 1. The second-order valence-corrected chi connectivity index (χ2v) is 4.70. The number of hydrogen-bond acceptors (Lipinski definition) is 3. The first kappa shape index (κ1) is 12.1. The van der Waals surface area contributed by atoms with Crippen molar-refractivity contribution in [2.75, 3.05) is 6.54 Å². The molecular weight excluding hydrogens is 235 g/mol. The Kier molecular flexibility index (Phi) is 4.12. The molecule has 0 aliphatic heterocycles. The lowest BCUT2D eigenvalue weighted by atomic mass is 10.1. The summed E-state index contributed by atoms with van der Waals surface area (Å²) in [4.78, 5) is 5.53. The second kappa shape index (κ2) is 5.80. The summed E-state index contributed by atoms with van der Waals surface area (Å²) in [6.45, 7) is 0.538. The normalized spacial score (nSPS) is 10.5. The third-order valence-electron chi connectivity index (χ3n) is 2.31. The van der Waals surface area contributed by atoms with Gasteiger partial charge in [-0.25, -0.2) is 4.39 Å². The lowest BCUT2D eigenvalue weighted by molar-refractivity contribution is 0.599. The molecule has 2 rings (SSSR count). The molecule has 0 aliphatic rings. The Morgan fingerprint density at radius 1 is 1.18 bits per heavy atom. The summed E-state index contributed by atoms with van der Waals surface area (Å²) >= 11 is 1.39. The van der Waals surface area contributed by atoms with Gasteiger partial charge in [0.2, 0.25) is 0 Å². The van der Waals surface area contributed by atoms with Crippen molar-refractivity contribution in [2.45, 2.75) is 16.2 Å². The highest BCUT2D eigenvalue weighted by Gasteiger charge is 2.05. The first-order chi connectivity index (χ1) is 8.29. The van der Waals surface area contributed by atoms with Crippen LogP contribution in [-0.4, -0.2) is 11.5 Å². The minimum absolute atomic E-state index is 0.197. The summed E-state index contributed by atoms with van der Waals surface area (Å²) in [5.74, 6) is -0.197. The van der Waals surface area contributed by atoms with Crippen LogP contribution in [0, 0.1) is 5.82 Å². The van der Waals surface area contributed by atoms with Crippen LogP contribution in [0.15, 0.2) is 52.5 Å². The third-order valence-corrected chi connectivity index (χ3v) is 3.37. The van der Waals surface area contributed by atoms with Crippen LogP contribution < -0.4 is 5.73 Å². The Morgan fingerprint density at radius 3 is 2.59 bits per heavy atom. The van der Waals surface area contributed by atoms with E-state index in [-0.39, 0.29) is 5.82 Å². The molecule has 2 nitrogen and oxygen atoms in total. The van der Waals surface area contributed by atoms with E-state index in [1.165, 1.54) is 11.8 Å². The Balaban J connectivity index is 2.17. The minimum Gasteiger partial charge on any atom is -0.330 e. The van der Waals surface area contributed by atoms with Crippen LogP contribution >= 0.6 is 11.8 Å². The van der Waals surface area contributed by atoms with Gasteiger partial charge in [-0.05, 0) is 42.8 Å². The van der Waals surface area contributed by atoms with Gasteiger partial charge in [0.15, 0.2) is 0 Å². The zero-order valence-electron chi connectivity index (χ0n) is 9.27. The van der Waals surface area contributed by atoms with E-state index in [1.807, 2.05) is 18.2 Å². The zero-order chi connectivity index (χ0) is 12.1. The molecule has 2 N–H and O–H groups in total. The van der Waals surface area contributed by atoms with Gasteiger partial charge in [-0.15, -0.1) is 0 Å². The van der Waals surface area contributed by atoms with Crippen LogP contribution in [0.1, 0.15) is 5.56 Å². The minimum atomic E-state index is -0.197. The van der Waals surface area contributed by atoms with Crippen molar-refractivity contribution in [3.63, 3.8) is 0 Å². The molecule has 17 heavy (non-hydrogen) atoms. The van der Waals surface area contributed by atoms with E-state index in [9.17, 15) is 4.39 Å². The van der Waals surface area contributed by atoms with Gasteiger partial charge in [-0.3, -0.25) is 4.98 Å². The summed E-state index contributed by atoms with van der Waals surface area (Å²) < 4.78 is 13.8. The first-order valence-electron chi connectivity index (χ1n) is 5.36. The van der Waals surface area contributed by atoms with Crippen molar-refractivity contribution in [1.82, 2.24) is 4.98 Å². The molecule has 0 amide bonds. The highest BCUT2D eigenvalue weighted by molar-refractivity contribution is 7.99. The Bertz CT molecular complexity index is 488. The van der Waals surface area contributed by atoms with E-state index >= 15 is 0 Å². The van der Waals surface area contributed by atoms with Crippen LogP contribution in [0.25, 0.3) is 0 Å². The number of pyridine rings is 1. The number of benzene rings is 1. The van der Waals surface area contributed by atoms with Crippen molar-refractivity contribution in [1.29, 1.82) is 0 Å². The predicted octanol–water partition coefficient (Wildman–Crippen LogP) is 2.87. The molecule has 2 aromatic rings. The SMILES string of the molecule is NCCc1ccc(Sc2ccncc2)c(F)c1. The molecule has 0 bridgehead atoms. The highest BCUT2D eigenvalue weighted by Crippen LogP contribution is 2.29. The molecule has 0 unspecified atom stereocenters. The summed E-state index contributed by atoms with van der Waals surface area (Å²) in [6.07, 6.45) is 4.10. The average molecular weight is 248 g/mol. The van der Waals surface area contributed by atoms with Gasteiger partial charge in [0.05, 0.1) is 0 Å². The average Bonchev–Trinajstić information content (AvgIpc) is 2.34. The van der Waals surface area contributed by atoms with E-state index in [2.05, 4.69) is 4.98 Å². The zero-order valence-corrected chi connectivity index (χ0v) is 10.1. The van der Waals surface area contributed by atoms with E-state index in [0.717, 1.165) is 10.5 Å². The van der Waals surface area contributed by atoms with Crippen LogP contribution in [0.3, 0.4) is 0 Å². The van der Waals surface area contributed by atoms with Gasteiger partial charge in [0, 0.05) is 22.2 Å². The first-order valence-corrected chi connectivity index (χ1v) is 6.17. The van der Waals surface area contributed by atoms with Gasteiger partial charge in [-0.1, -0.05) is 17.8 Å². The maximum absolute atomic E-state index is 13.8. The fourth-order valence-electron chi connectivity index (χ4n) is 1.48. The van der Waals surface area contributed by atoms with E-state index < -0.39 is 0 Å². The summed E-state index contributed by atoms with van der Waals surface area (Å²) in [5.41, 5.74) is 6.37. The van der Waals surface area contributed by atoms with Crippen molar-refractivity contribution in [3.05, 3.63) is 54.1 Å². The van der Waals surface area contributed by atoms with Crippen molar-refractivity contribution in [3.8, 4) is 0 Å². The Hall–Kier alpha value is -1.39. The molecular formula is C13H13FN2S. The van der Waals surface area contributed by atoms with Gasteiger partial charge in [-0.2, -0.15) is 0 Å². The molecule has 88 valence electrons.